The first-order chi connectivity index (χ1) is 10.1. The minimum absolute atomic E-state index is 0.0938. The fourth-order valence-electron chi connectivity index (χ4n) is 2.76. The first-order valence-electron chi connectivity index (χ1n) is 7.63. The summed E-state index contributed by atoms with van der Waals surface area (Å²) in [7, 11) is 4.09. The molecule has 3 N–H and O–H groups in total. The van der Waals surface area contributed by atoms with Gasteiger partial charge < -0.3 is 15.5 Å². The molecule has 1 aliphatic rings. The van der Waals surface area contributed by atoms with Gasteiger partial charge in [-0.05, 0) is 23.8 Å². The van der Waals surface area contributed by atoms with E-state index in [9.17, 15) is 4.79 Å². The van der Waals surface area contributed by atoms with Crippen LogP contribution in [0.4, 0.5) is 5.69 Å². The summed E-state index contributed by atoms with van der Waals surface area (Å²) in [5.74, 6) is -0.0399. The number of nitrogens with zero attached hydrogens (tertiary/aromatic N) is 1. The predicted molar refractivity (Wildman–Crippen MR) is 87.3 cm³/mol. The van der Waals surface area contributed by atoms with E-state index in [4.69, 9.17) is 5.73 Å². The van der Waals surface area contributed by atoms with Gasteiger partial charge in [-0.15, -0.1) is 0 Å². The number of hydrogen-bond donors (Lipinski definition) is 2. The van der Waals surface area contributed by atoms with Crippen molar-refractivity contribution in [3.05, 3.63) is 35.9 Å². The third-order valence-electron chi connectivity index (χ3n) is 4.22. The van der Waals surface area contributed by atoms with Crippen LogP contribution in [0.2, 0.25) is 0 Å². The molecule has 0 atom stereocenters. The second-order valence-corrected chi connectivity index (χ2v) is 6.02. The van der Waals surface area contributed by atoms with Crippen molar-refractivity contribution < 1.29 is 9.69 Å². The lowest BCUT2D eigenvalue weighted by Gasteiger charge is -2.26. The van der Waals surface area contributed by atoms with Crippen LogP contribution in [0.3, 0.4) is 0 Å². The van der Waals surface area contributed by atoms with Gasteiger partial charge in [-0.1, -0.05) is 18.2 Å². The fourth-order valence-corrected chi connectivity index (χ4v) is 2.76. The molecule has 0 aromatic heterocycles. The summed E-state index contributed by atoms with van der Waals surface area (Å²) in [5, 5.41) is 0. The van der Waals surface area contributed by atoms with E-state index >= 15 is 0 Å². The molecule has 1 amide bonds. The Morgan fingerprint density at radius 2 is 1.90 bits per heavy atom. The van der Waals surface area contributed by atoms with E-state index in [2.05, 4.69) is 41.3 Å². The number of piperidine rings is 1. The Kier molecular flexibility index (Phi) is 5.39. The number of primary amides is 1. The zero-order valence-electron chi connectivity index (χ0n) is 13.0. The van der Waals surface area contributed by atoms with Gasteiger partial charge >= 0.3 is 0 Å². The highest BCUT2D eigenvalue weighted by Gasteiger charge is 2.24. The highest BCUT2D eigenvalue weighted by molar-refractivity contribution is 5.76. The summed E-state index contributed by atoms with van der Waals surface area (Å²) in [5.41, 5.74) is 7.80. The van der Waals surface area contributed by atoms with Crippen LogP contribution in [-0.2, 0) is 4.79 Å². The lowest BCUT2D eigenvalue weighted by atomic mass is 9.96. The first kappa shape index (κ1) is 15.6. The van der Waals surface area contributed by atoms with Crippen LogP contribution < -0.4 is 15.5 Å². The number of rotatable bonds is 5. The van der Waals surface area contributed by atoms with Gasteiger partial charge in [0.15, 0.2) is 0 Å². The SMILES string of the molecule is CN(C)c1ccc(/C=C/C[NH+]2CCC(C(N)=O)CC2)cc1. The molecule has 4 nitrogen and oxygen atoms in total. The molecule has 1 fully saturated rings. The average Bonchev–Trinajstić information content (AvgIpc) is 2.48. The van der Waals surface area contributed by atoms with E-state index in [1.807, 2.05) is 14.1 Å². The third-order valence-corrected chi connectivity index (χ3v) is 4.22. The van der Waals surface area contributed by atoms with Gasteiger partial charge in [-0.2, -0.15) is 0 Å². The maximum absolute atomic E-state index is 11.1. The molecule has 0 radical (unpaired) electrons. The molecule has 1 aromatic rings. The number of carbonyl (C=O) groups excluding carboxylic acids is 1. The standard InChI is InChI=1S/C17H25N3O/c1-19(2)16-7-5-14(6-8-16)4-3-11-20-12-9-15(10-13-20)17(18)21/h3-8,15H,9-13H2,1-2H3,(H2,18,21)/p+1/b4-3+. The average molecular weight is 288 g/mol. The Balaban J connectivity index is 1.79. The minimum Gasteiger partial charge on any atom is -0.378 e. The van der Waals surface area contributed by atoms with Crippen LogP contribution in [0, 0.1) is 5.92 Å². The molecule has 4 heteroatoms. The van der Waals surface area contributed by atoms with Crippen molar-refractivity contribution in [1.82, 2.24) is 0 Å². The van der Waals surface area contributed by atoms with Crippen LogP contribution in [0.15, 0.2) is 30.3 Å². The molecule has 2 rings (SSSR count). The summed E-state index contributed by atoms with van der Waals surface area (Å²) in [4.78, 5) is 14.8. The quantitative estimate of drug-likeness (QED) is 0.831. The Bertz CT molecular complexity index is 485. The Labute approximate surface area is 127 Å². The number of nitrogens with one attached hydrogen (secondary N) is 1. The zero-order valence-corrected chi connectivity index (χ0v) is 13.0. The molecule has 0 saturated carbocycles. The number of amides is 1. The molecule has 0 aliphatic carbocycles. The molecule has 0 spiro atoms. The lowest BCUT2D eigenvalue weighted by Crippen LogP contribution is -3.13. The van der Waals surface area contributed by atoms with Crippen LogP contribution >= 0.6 is 0 Å². The molecule has 21 heavy (non-hydrogen) atoms. The molecular weight excluding hydrogens is 262 g/mol. The molecule has 0 bridgehead atoms. The fraction of sp³-hybridized carbons (Fsp3) is 0.471. The topological polar surface area (TPSA) is 50.8 Å². The molecule has 0 unspecified atom stereocenters. The van der Waals surface area contributed by atoms with E-state index in [1.165, 1.54) is 16.2 Å². The third kappa shape index (κ3) is 4.60. The van der Waals surface area contributed by atoms with Crippen LogP contribution in [0.25, 0.3) is 6.08 Å². The van der Waals surface area contributed by atoms with Crippen molar-refractivity contribution in [2.24, 2.45) is 11.7 Å². The molecule has 1 aromatic carbocycles. The Morgan fingerprint density at radius 3 is 2.43 bits per heavy atom. The van der Waals surface area contributed by atoms with Gasteiger partial charge in [0.1, 0.15) is 0 Å². The maximum Gasteiger partial charge on any atom is 0.220 e. The smallest absolute Gasteiger partial charge is 0.220 e. The van der Waals surface area contributed by atoms with Gasteiger partial charge in [0.2, 0.25) is 5.91 Å². The lowest BCUT2D eigenvalue weighted by molar-refractivity contribution is -0.899. The van der Waals surface area contributed by atoms with Crippen LogP contribution in [0.5, 0.6) is 0 Å². The number of anilines is 1. The Morgan fingerprint density at radius 1 is 1.29 bits per heavy atom. The van der Waals surface area contributed by atoms with E-state index in [0.29, 0.717) is 0 Å². The molecule has 1 aliphatic heterocycles. The number of likely N-dealkylation sites (tertiary alicyclic amines) is 1. The van der Waals surface area contributed by atoms with Crippen molar-refractivity contribution in [3.8, 4) is 0 Å². The van der Waals surface area contributed by atoms with E-state index in [1.54, 1.807) is 0 Å². The number of carbonyl (C=O) groups is 1. The predicted octanol–water partition coefficient (Wildman–Crippen LogP) is 0.546. The van der Waals surface area contributed by atoms with Gasteiger partial charge in [-0.3, -0.25) is 4.79 Å². The van der Waals surface area contributed by atoms with Crippen molar-refractivity contribution >= 4 is 17.7 Å². The van der Waals surface area contributed by atoms with Crippen molar-refractivity contribution in [2.45, 2.75) is 12.8 Å². The van der Waals surface area contributed by atoms with E-state index < -0.39 is 0 Å². The number of benzene rings is 1. The molecule has 114 valence electrons. The normalized spacial score (nSPS) is 22.4. The molecule has 1 saturated heterocycles. The highest BCUT2D eigenvalue weighted by atomic mass is 16.1. The number of nitrogens with two attached hydrogens (primary N) is 1. The van der Waals surface area contributed by atoms with Crippen LogP contribution in [-0.4, -0.2) is 39.6 Å². The van der Waals surface area contributed by atoms with Crippen molar-refractivity contribution in [2.75, 3.05) is 38.6 Å². The Hall–Kier alpha value is -1.81. The number of quaternary nitrogens is 1. The van der Waals surface area contributed by atoms with Crippen molar-refractivity contribution in [3.63, 3.8) is 0 Å². The van der Waals surface area contributed by atoms with E-state index in [0.717, 1.165) is 32.5 Å². The largest absolute Gasteiger partial charge is 0.378 e. The van der Waals surface area contributed by atoms with E-state index in [-0.39, 0.29) is 11.8 Å². The van der Waals surface area contributed by atoms with Crippen molar-refractivity contribution in [1.29, 1.82) is 0 Å². The summed E-state index contributed by atoms with van der Waals surface area (Å²) < 4.78 is 0. The van der Waals surface area contributed by atoms with Gasteiger partial charge in [0.05, 0.1) is 19.6 Å². The summed E-state index contributed by atoms with van der Waals surface area (Å²) >= 11 is 0. The van der Waals surface area contributed by atoms with Crippen LogP contribution in [0.1, 0.15) is 18.4 Å². The maximum atomic E-state index is 11.1. The van der Waals surface area contributed by atoms with Gasteiger partial charge in [0.25, 0.3) is 0 Å². The zero-order chi connectivity index (χ0) is 15.2. The minimum atomic E-state index is -0.134. The highest BCUT2D eigenvalue weighted by Crippen LogP contribution is 2.13. The molecule has 1 heterocycles. The monoisotopic (exact) mass is 288 g/mol. The summed E-state index contributed by atoms with van der Waals surface area (Å²) in [6.07, 6.45) is 6.25. The van der Waals surface area contributed by atoms with Gasteiger partial charge in [0, 0.05) is 38.5 Å². The second kappa shape index (κ2) is 7.27. The first-order valence-corrected chi connectivity index (χ1v) is 7.63. The second-order valence-electron chi connectivity index (χ2n) is 6.02. The molecular formula is C17H26N3O+. The number of hydrogen-bond acceptors (Lipinski definition) is 2. The van der Waals surface area contributed by atoms with Gasteiger partial charge in [-0.25, -0.2) is 0 Å². The summed E-state index contributed by atoms with van der Waals surface area (Å²) in [6.45, 7) is 3.09. The summed E-state index contributed by atoms with van der Waals surface area (Å²) in [6, 6.07) is 8.54.